The lowest BCUT2D eigenvalue weighted by atomic mass is 9.93. The molecule has 0 saturated heterocycles. The molecule has 5 aromatic rings. The smallest absolute Gasteiger partial charge is 0.165 e. The fourth-order valence-corrected chi connectivity index (χ4v) is 4.49. The van der Waals surface area contributed by atoms with E-state index in [-0.39, 0.29) is 0 Å². The maximum atomic E-state index is 5.18. The molecule has 0 bridgehead atoms. The second-order valence-electron chi connectivity index (χ2n) is 8.10. The summed E-state index contributed by atoms with van der Waals surface area (Å²) in [5.41, 5.74) is 7.20. The number of nitrogens with zero attached hydrogens (tertiary/aromatic N) is 4. The van der Waals surface area contributed by atoms with Crippen molar-refractivity contribution in [1.82, 2.24) is 24.6 Å². The van der Waals surface area contributed by atoms with Crippen molar-refractivity contribution < 1.29 is 0 Å². The molecule has 0 fully saturated rings. The second kappa shape index (κ2) is 8.34. The number of hydrogen-bond donors (Lipinski definition) is 1. The molecular weight excluding hydrogens is 382 g/mol. The summed E-state index contributed by atoms with van der Waals surface area (Å²) in [6.07, 6.45) is 10.4. The molecule has 0 spiro atoms. The minimum absolute atomic E-state index is 0.458. The van der Waals surface area contributed by atoms with Crippen molar-refractivity contribution >= 4 is 16.7 Å². The van der Waals surface area contributed by atoms with Gasteiger partial charge in [0.05, 0.1) is 17.6 Å². The Kier molecular flexibility index (Phi) is 5.24. The number of aromatic nitrogens is 5. The van der Waals surface area contributed by atoms with E-state index < -0.39 is 0 Å². The Labute approximate surface area is 182 Å². The van der Waals surface area contributed by atoms with Crippen molar-refractivity contribution in [2.75, 3.05) is 0 Å². The van der Waals surface area contributed by atoms with E-state index in [1.807, 2.05) is 41.3 Å². The molecule has 0 saturated carbocycles. The monoisotopic (exact) mass is 409 g/mol. The lowest BCUT2D eigenvalue weighted by Crippen LogP contribution is -2.05. The van der Waals surface area contributed by atoms with Crippen molar-refractivity contribution in [3.05, 3.63) is 72.8 Å². The number of nitrogens with one attached hydrogen (secondary N) is 1. The Bertz CT molecular complexity index is 1290. The van der Waals surface area contributed by atoms with E-state index in [1.165, 1.54) is 11.1 Å². The first-order valence-corrected chi connectivity index (χ1v) is 11.2. The molecule has 31 heavy (non-hydrogen) atoms. The molecule has 0 aliphatic carbocycles. The van der Waals surface area contributed by atoms with Crippen LogP contribution < -0.4 is 0 Å². The summed E-state index contributed by atoms with van der Waals surface area (Å²) < 4.78 is 1.92. The minimum Gasteiger partial charge on any atom is -0.346 e. The van der Waals surface area contributed by atoms with Gasteiger partial charge in [-0.3, -0.25) is 4.98 Å². The van der Waals surface area contributed by atoms with Gasteiger partial charge >= 0.3 is 0 Å². The van der Waals surface area contributed by atoms with Crippen LogP contribution in [0.25, 0.3) is 39.1 Å². The molecule has 0 radical (unpaired) electrons. The number of fused-ring (bicyclic) bond motifs is 3. The van der Waals surface area contributed by atoms with Crippen molar-refractivity contribution in [2.24, 2.45) is 0 Å². The summed E-state index contributed by atoms with van der Waals surface area (Å²) >= 11 is 0. The molecule has 4 heterocycles. The average Bonchev–Trinajstić information content (AvgIpc) is 3.46. The summed E-state index contributed by atoms with van der Waals surface area (Å²) in [6, 6.07) is 16.6. The highest BCUT2D eigenvalue weighted by molar-refractivity contribution is 5.86. The number of pyridine rings is 1. The van der Waals surface area contributed by atoms with Gasteiger partial charge in [0.1, 0.15) is 5.65 Å². The molecule has 0 atom stereocenters. The number of H-pyrrole nitrogens is 1. The first-order valence-electron chi connectivity index (χ1n) is 11.2. The third-order valence-electron chi connectivity index (χ3n) is 5.99. The van der Waals surface area contributed by atoms with Crippen LogP contribution in [0.5, 0.6) is 0 Å². The Hall–Kier alpha value is -3.47. The normalized spacial score (nSPS) is 11.7. The number of aromatic amines is 1. The van der Waals surface area contributed by atoms with Crippen LogP contribution in [0.4, 0.5) is 0 Å². The van der Waals surface area contributed by atoms with Crippen LogP contribution in [-0.4, -0.2) is 24.6 Å². The van der Waals surface area contributed by atoms with Gasteiger partial charge in [0.15, 0.2) is 5.65 Å². The Balaban J connectivity index is 1.62. The van der Waals surface area contributed by atoms with E-state index in [4.69, 9.17) is 9.97 Å². The maximum absolute atomic E-state index is 5.18. The van der Waals surface area contributed by atoms with Gasteiger partial charge in [-0.2, -0.15) is 9.61 Å². The van der Waals surface area contributed by atoms with Gasteiger partial charge in [0.25, 0.3) is 0 Å². The SMILES string of the molecule is CCCC(CCC)c1nc2c(-c3ccc(-c4ccccc4)nc3)cnn2c2[nH]ccc12. The largest absolute Gasteiger partial charge is 0.346 e. The van der Waals surface area contributed by atoms with Crippen LogP contribution >= 0.6 is 0 Å². The van der Waals surface area contributed by atoms with Crippen LogP contribution in [0.3, 0.4) is 0 Å². The lowest BCUT2D eigenvalue weighted by Gasteiger charge is -2.16. The zero-order valence-electron chi connectivity index (χ0n) is 18.0. The van der Waals surface area contributed by atoms with E-state index in [2.05, 4.69) is 54.3 Å². The molecule has 1 aromatic carbocycles. The summed E-state index contributed by atoms with van der Waals surface area (Å²) in [5, 5.41) is 5.84. The molecule has 5 nitrogen and oxygen atoms in total. The van der Waals surface area contributed by atoms with Gasteiger partial charge in [0, 0.05) is 40.4 Å². The fourth-order valence-electron chi connectivity index (χ4n) is 4.49. The van der Waals surface area contributed by atoms with E-state index in [9.17, 15) is 0 Å². The van der Waals surface area contributed by atoms with E-state index in [0.717, 1.165) is 59.4 Å². The summed E-state index contributed by atoms with van der Waals surface area (Å²) in [6.45, 7) is 4.50. The highest BCUT2D eigenvalue weighted by Crippen LogP contribution is 2.33. The maximum Gasteiger partial charge on any atom is 0.165 e. The Morgan fingerprint density at radius 1 is 0.903 bits per heavy atom. The standard InChI is InChI=1S/C26H27N5/c1-3-8-19(9-4-2)24-21-14-15-27-25(21)31-26(30-24)22(17-29-31)20-12-13-23(28-16-20)18-10-6-5-7-11-18/h5-7,10-17,19,27H,3-4,8-9H2,1-2H3. The molecule has 0 amide bonds. The number of benzene rings is 1. The van der Waals surface area contributed by atoms with Gasteiger partial charge < -0.3 is 4.98 Å². The summed E-state index contributed by atoms with van der Waals surface area (Å²) in [5.74, 6) is 0.458. The zero-order chi connectivity index (χ0) is 21.2. The van der Waals surface area contributed by atoms with Crippen LogP contribution in [-0.2, 0) is 0 Å². The molecule has 1 N–H and O–H groups in total. The highest BCUT2D eigenvalue weighted by Gasteiger charge is 2.20. The van der Waals surface area contributed by atoms with Crippen LogP contribution in [0.1, 0.15) is 51.1 Å². The van der Waals surface area contributed by atoms with E-state index >= 15 is 0 Å². The quantitative estimate of drug-likeness (QED) is 0.328. The molecule has 0 aliphatic rings. The van der Waals surface area contributed by atoms with Gasteiger partial charge in [0.2, 0.25) is 0 Å². The summed E-state index contributed by atoms with van der Waals surface area (Å²) in [7, 11) is 0. The third-order valence-corrected chi connectivity index (χ3v) is 5.99. The van der Waals surface area contributed by atoms with Gasteiger partial charge in [-0.05, 0) is 25.0 Å². The van der Waals surface area contributed by atoms with Gasteiger partial charge in [-0.1, -0.05) is 63.1 Å². The van der Waals surface area contributed by atoms with Gasteiger partial charge in [-0.15, -0.1) is 0 Å². The van der Waals surface area contributed by atoms with Crippen molar-refractivity contribution in [2.45, 2.75) is 45.4 Å². The number of hydrogen-bond acceptors (Lipinski definition) is 3. The molecule has 0 unspecified atom stereocenters. The first-order chi connectivity index (χ1) is 15.3. The van der Waals surface area contributed by atoms with Crippen LogP contribution in [0.2, 0.25) is 0 Å². The molecule has 5 heteroatoms. The highest BCUT2D eigenvalue weighted by atomic mass is 15.3. The van der Waals surface area contributed by atoms with Crippen LogP contribution in [0, 0.1) is 0 Å². The average molecular weight is 410 g/mol. The minimum atomic E-state index is 0.458. The van der Waals surface area contributed by atoms with Crippen molar-refractivity contribution in [1.29, 1.82) is 0 Å². The third kappa shape index (κ3) is 3.50. The fraction of sp³-hybridized carbons (Fsp3) is 0.269. The second-order valence-corrected chi connectivity index (χ2v) is 8.10. The van der Waals surface area contributed by atoms with Crippen LogP contribution in [0.15, 0.2) is 67.1 Å². The number of rotatable bonds is 7. The van der Waals surface area contributed by atoms with Crippen molar-refractivity contribution in [3.8, 4) is 22.4 Å². The predicted molar refractivity (Wildman–Crippen MR) is 126 cm³/mol. The predicted octanol–water partition coefficient (Wildman–Crippen LogP) is 6.62. The lowest BCUT2D eigenvalue weighted by molar-refractivity contribution is 0.552. The zero-order valence-corrected chi connectivity index (χ0v) is 18.0. The topological polar surface area (TPSA) is 58.9 Å². The van der Waals surface area contributed by atoms with Gasteiger partial charge in [-0.25, -0.2) is 4.98 Å². The Morgan fingerprint density at radius 2 is 1.71 bits per heavy atom. The first kappa shape index (κ1) is 19.5. The molecule has 0 aliphatic heterocycles. The molecule has 4 aromatic heterocycles. The molecule has 156 valence electrons. The molecular formula is C26H27N5. The van der Waals surface area contributed by atoms with Crippen molar-refractivity contribution in [3.63, 3.8) is 0 Å². The molecule has 5 rings (SSSR count). The Morgan fingerprint density at radius 3 is 2.42 bits per heavy atom. The van der Waals surface area contributed by atoms with E-state index in [1.54, 1.807) is 0 Å². The summed E-state index contributed by atoms with van der Waals surface area (Å²) in [4.78, 5) is 13.3. The van der Waals surface area contributed by atoms with E-state index in [0.29, 0.717) is 5.92 Å².